The van der Waals surface area contributed by atoms with E-state index in [0.717, 1.165) is 22.8 Å². The summed E-state index contributed by atoms with van der Waals surface area (Å²) in [6.07, 6.45) is 3.36. The Morgan fingerprint density at radius 2 is 1.91 bits per heavy atom. The van der Waals surface area contributed by atoms with Crippen LogP contribution in [0.4, 0.5) is 17.5 Å². The number of aryl methyl sites for hydroxylation is 1. The van der Waals surface area contributed by atoms with Crippen LogP contribution >= 0.6 is 0 Å². The maximum Gasteiger partial charge on any atom is 0.229 e. The van der Waals surface area contributed by atoms with Gasteiger partial charge in [-0.15, -0.1) is 5.10 Å². The molecule has 22 heavy (non-hydrogen) atoms. The van der Waals surface area contributed by atoms with Crippen LogP contribution in [0.5, 0.6) is 0 Å². The third kappa shape index (κ3) is 2.85. The molecule has 0 aliphatic carbocycles. The maximum absolute atomic E-state index is 4.51. The molecule has 0 spiro atoms. The summed E-state index contributed by atoms with van der Waals surface area (Å²) in [7, 11) is 3.92. The van der Waals surface area contributed by atoms with Gasteiger partial charge in [-0.25, -0.2) is 9.67 Å². The zero-order valence-electron chi connectivity index (χ0n) is 12.6. The van der Waals surface area contributed by atoms with Crippen molar-refractivity contribution >= 4 is 17.5 Å². The normalized spacial score (nSPS) is 10.5. The van der Waals surface area contributed by atoms with E-state index < -0.39 is 0 Å². The molecular formula is C14H16N8. The van der Waals surface area contributed by atoms with Crippen LogP contribution in [0.3, 0.4) is 0 Å². The maximum atomic E-state index is 4.51. The molecule has 0 aliphatic heterocycles. The van der Waals surface area contributed by atoms with Crippen LogP contribution in [0.25, 0.3) is 5.69 Å². The van der Waals surface area contributed by atoms with E-state index in [2.05, 4.69) is 30.8 Å². The molecule has 1 aromatic carbocycles. The van der Waals surface area contributed by atoms with E-state index in [0.29, 0.717) is 5.95 Å². The fraction of sp³-hybridized carbons (Fsp3) is 0.214. The molecule has 0 fully saturated rings. The fourth-order valence-corrected chi connectivity index (χ4v) is 2.05. The minimum Gasteiger partial charge on any atom is -0.362 e. The summed E-state index contributed by atoms with van der Waals surface area (Å²) in [4.78, 5) is 10.8. The Kier molecular flexibility index (Phi) is 3.65. The van der Waals surface area contributed by atoms with Crippen molar-refractivity contribution in [3.05, 3.63) is 42.4 Å². The van der Waals surface area contributed by atoms with Gasteiger partial charge in [0, 0.05) is 31.5 Å². The van der Waals surface area contributed by atoms with Crippen molar-refractivity contribution in [2.45, 2.75) is 6.92 Å². The first-order valence-corrected chi connectivity index (χ1v) is 6.75. The minimum absolute atomic E-state index is 0.560. The molecule has 0 amide bonds. The molecule has 2 heterocycles. The van der Waals surface area contributed by atoms with Crippen LogP contribution in [-0.4, -0.2) is 44.3 Å². The Bertz CT molecular complexity index is 749. The van der Waals surface area contributed by atoms with Crippen molar-refractivity contribution < 1.29 is 0 Å². The highest BCUT2D eigenvalue weighted by atomic mass is 15.5. The zero-order valence-corrected chi connectivity index (χ0v) is 12.6. The van der Waals surface area contributed by atoms with Gasteiger partial charge in [-0.05, 0) is 41.6 Å². The third-order valence-electron chi connectivity index (χ3n) is 3.11. The van der Waals surface area contributed by atoms with E-state index >= 15 is 0 Å². The molecule has 0 radical (unpaired) electrons. The van der Waals surface area contributed by atoms with Crippen LogP contribution in [0.2, 0.25) is 0 Å². The lowest BCUT2D eigenvalue weighted by atomic mass is 10.3. The van der Waals surface area contributed by atoms with E-state index in [9.17, 15) is 0 Å². The second kappa shape index (κ2) is 5.76. The van der Waals surface area contributed by atoms with Gasteiger partial charge in [0.05, 0.1) is 5.69 Å². The highest BCUT2D eigenvalue weighted by Crippen LogP contribution is 2.19. The topological polar surface area (TPSA) is 84.7 Å². The number of nitrogens with zero attached hydrogens (tertiary/aromatic N) is 7. The van der Waals surface area contributed by atoms with Crippen molar-refractivity contribution in [1.29, 1.82) is 0 Å². The molecule has 0 aliphatic rings. The largest absolute Gasteiger partial charge is 0.362 e. The predicted molar refractivity (Wildman–Crippen MR) is 83.5 cm³/mol. The molecule has 1 N–H and O–H groups in total. The van der Waals surface area contributed by atoms with Gasteiger partial charge in [0.1, 0.15) is 12.1 Å². The number of hydrogen-bond acceptors (Lipinski definition) is 7. The van der Waals surface area contributed by atoms with Crippen LogP contribution in [0.15, 0.2) is 36.8 Å². The monoisotopic (exact) mass is 296 g/mol. The van der Waals surface area contributed by atoms with Gasteiger partial charge in [0.15, 0.2) is 0 Å². The SMILES string of the molecule is Cc1cnc(Nc2ccc(-n3cnnn3)cc2)nc1N(C)C. The fourth-order valence-electron chi connectivity index (χ4n) is 2.05. The molecule has 3 rings (SSSR count). The van der Waals surface area contributed by atoms with Gasteiger partial charge >= 0.3 is 0 Å². The quantitative estimate of drug-likeness (QED) is 0.782. The van der Waals surface area contributed by atoms with E-state index in [1.54, 1.807) is 17.2 Å². The average Bonchev–Trinajstić information content (AvgIpc) is 3.04. The highest BCUT2D eigenvalue weighted by molar-refractivity contribution is 5.57. The van der Waals surface area contributed by atoms with Crippen LogP contribution in [0.1, 0.15) is 5.56 Å². The molecule has 8 nitrogen and oxygen atoms in total. The summed E-state index contributed by atoms with van der Waals surface area (Å²) < 4.78 is 1.59. The molecule has 0 saturated carbocycles. The number of hydrogen-bond donors (Lipinski definition) is 1. The summed E-state index contributed by atoms with van der Waals surface area (Å²) in [5.41, 5.74) is 2.81. The molecule has 3 aromatic rings. The second-order valence-corrected chi connectivity index (χ2v) is 5.02. The van der Waals surface area contributed by atoms with Crippen molar-refractivity contribution in [2.24, 2.45) is 0 Å². The average molecular weight is 296 g/mol. The zero-order chi connectivity index (χ0) is 15.5. The molecule has 0 atom stereocenters. The Balaban J connectivity index is 1.80. The van der Waals surface area contributed by atoms with Crippen molar-refractivity contribution in [2.75, 3.05) is 24.3 Å². The summed E-state index contributed by atoms with van der Waals surface area (Å²) in [5, 5.41) is 14.3. The molecule has 0 unspecified atom stereocenters. The van der Waals surface area contributed by atoms with E-state index in [1.165, 1.54) is 0 Å². The first-order valence-electron chi connectivity index (χ1n) is 6.75. The molecule has 0 bridgehead atoms. The van der Waals surface area contributed by atoms with Gasteiger partial charge < -0.3 is 10.2 Å². The second-order valence-electron chi connectivity index (χ2n) is 5.02. The van der Waals surface area contributed by atoms with Gasteiger partial charge in [0.25, 0.3) is 0 Å². The Morgan fingerprint density at radius 3 is 2.55 bits per heavy atom. The molecule has 8 heteroatoms. The van der Waals surface area contributed by atoms with Crippen LogP contribution < -0.4 is 10.2 Å². The van der Waals surface area contributed by atoms with Crippen molar-refractivity contribution in [1.82, 2.24) is 30.2 Å². The predicted octanol–water partition coefficient (Wildman–Crippen LogP) is 1.57. The van der Waals surface area contributed by atoms with Crippen molar-refractivity contribution in [3.63, 3.8) is 0 Å². The van der Waals surface area contributed by atoms with E-state index in [-0.39, 0.29) is 0 Å². The molecular weight excluding hydrogens is 280 g/mol. The van der Waals surface area contributed by atoms with Gasteiger partial charge in [0.2, 0.25) is 5.95 Å². The Hall–Kier alpha value is -3.03. The first-order chi connectivity index (χ1) is 10.6. The van der Waals surface area contributed by atoms with Crippen LogP contribution in [0, 0.1) is 6.92 Å². The van der Waals surface area contributed by atoms with Crippen LogP contribution in [-0.2, 0) is 0 Å². The smallest absolute Gasteiger partial charge is 0.229 e. The summed E-state index contributed by atoms with van der Waals surface area (Å²) in [6.45, 7) is 1.99. The molecule has 112 valence electrons. The van der Waals surface area contributed by atoms with Gasteiger partial charge in [-0.3, -0.25) is 0 Å². The first kappa shape index (κ1) is 13.9. The third-order valence-corrected chi connectivity index (χ3v) is 3.11. The Morgan fingerprint density at radius 1 is 1.14 bits per heavy atom. The summed E-state index contributed by atoms with van der Waals surface area (Å²) in [5.74, 6) is 1.45. The Labute approximate surface area is 127 Å². The number of tetrazole rings is 1. The lowest BCUT2D eigenvalue weighted by Crippen LogP contribution is -2.13. The lowest BCUT2D eigenvalue weighted by molar-refractivity contribution is 0.789. The number of rotatable bonds is 4. The number of aromatic nitrogens is 6. The van der Waals surface area contributed by atoms with Gasteiger partial charge in [-0.1, -0.05) is 0 Å². The summed E-state index contributed by atoms with van der Waals surface area (Å²) in [6, 6.07) is 7.69. The number of benzene rings is 1. The molecule has 2 aromatic heterocycles. The molecule has 0 saturated heterocycles. The number of anilines is 3. The standard InChI is InChI=1S/C14H16N8/c1-10-8-15-14(18-13(10)21(2)3)17-11-4-6-12(7-5-11)22-9-16-19-20-22/h4-9H,1-3H3,(H,15,17,18). The summed E-state index contributed by atoms with van der Waals surface area (Å²) >= 11 is 0. The minimum atomic E-state index is 0.560. The van der Waals surface area contributed by atoms with E-state index in [1.807, 2.05) is 50.2 Å². The van der Waals surface area contributed by atoms with Crippen molar-refractivity contribution in [3.8, 4) is 5.69 Å². The van der Waals surface area contributed by atoms with Gasteiger partial charge in [-0.2, -0.15) is 4.98 Å². The lowest BCUT2D eigenvalue weighted by Gasteiger charge is -2.15. The van der Waals surface area contributed by atoms with E-state index in [4.69, 9.17) is 0 Å². The highest BCUT2D eigenvalue weighted by Gasteiger charge is 2.06. The number of nitrogens with one attached hydrogen (secondary N) is 1.